The molecule has 2 aromatic carbocycles. The lowest BCUT2D eigenvalue weighted by Crippen LogP contribution is -2.51. The number of thioether (sulfide) groups is 1. The van der Waals surface area contributed by atoms with Crippen molar-refractivity contribution in [3.8, 4) is 11.5 Å². The van der Waals surface area contributed by atoms with Crippen LogP contribution in [-0.2, 0) is 4.79 Å². The van der Waals surface area contributed by atoms with Gasteiger partial charge in [0.25, 0.3) is 5.91 Å². The molecule has 9 nitrogen and oxygen atoms in total. The summed E-state index contributed by atoms with van der Waals surface area (Å²) >= 11 is 2.75. The maximum Gasteiger partial charge on any atom is 0.289 e. The normalized spacial score (nSPS) is 13.4. The van der Waals surface area contributed by atoms with E-state index >= 15 is 0 Å². The highest BCUT2D eigenvalue weighted by molar-refractivity contribution is 8.01. The van der Waals surface area contributed by atoms with Crippen LogP contribution < -0.4 is 10.1 Å². The van der Waals surface area contributed by atoms with E-state index in [0.29, 0.717) is 41.4 Å². The quantitative estimate of drug-likeness (QED) is 0.332. The number of anilines is 2. The fourth-order valence-electron chi connectivity index (χ4n) is 3.60. The number of carbonyl (C=O) groups excluding carboxylic acids is 2. The van der Waals surface area contributed by atoms with Crippen molar-refractivity contribution in [3.63, 3.8) is 0 Å². The summed E-state index contributed by atoms with van der Waals surface area (Å²) in [6, 6.07) is 20.5. The molecule has 1 aliphatic rings. The Hall–Kier alpha value is -3.83. The van der Waals surface area contributed by atoms with Crippen molar-refractivity contribution in [1.29, 1.82) is 0 Å². The van der Waals surface area contributed by atoms with Gasteiger partial charge in [-0.3, -0.25) is 9.59 Å². The summed E-state index contributed by atoms with van der Waals surface area (Å²) in [5, 5.41) is 12.2. The van der Waals surface area contributed by atoms with Crippen LogP contribution in [0.4, 0.5) is 10.8 Å². The smallest absolute Gasteiger partial charge is 0.289 e. The van der Waals surface area contributed by atoms with Crippen molar-refractivity contribution < 1.29 is 18.7 Å². The Morgan fingerprint density at radius 3 is 2.36 bits per heavy atom. The topological polar surface area (TPSA) is 101 Å². The fourth-order valence-corrected chi connectivity index (χ4v) is 5.28. The molecule has 0 radical (unpaired) electrons. The number of furan rings is 1. The fraction of sp³-hybridized carbons (Fsp3) is 0.200. The van der Waals surface area contributed by atoms with Gasteiger partial charge in [-0.25, -0.2) is 0 Å². The van der Waals surface area contributed by atoms with Gasteiger partial charge in [0.15, 0.2) is 10.1 Å². The van der Waals surface area contributed by atoms with E-state index in [1.807, 2.05) is 54.6 Å². The zero-order valence-electron chi connectivity index (χ0n) is 19.2. The van der Waals surface area contributed by atoms with Crippen LogP contribution in [-0.4, -0.2) is 63.7 Å². The summed E-state index contributed by atoms with van der Waals surface area (Å²) in [6.45, 7) is 1.97. The zero-order valence-corrected chi connectivity index (χ0v) is 20.8. The van der Waals surface area contributed by atoms with E-state index in [4.69, 9.17) is 9.15 Å². The van der Waals surface area contributed by atoms with Gasteiger partial charge in [-0.15, -0.1) is 10.2 Å². The lowest BCUT2D eigenvalue weighted by molar-refractivity contribution is -0.129. The number of nitrogens with one attached hydrogen (secondary N) is 1. The summed E-state index contributed by atoms with van der Waals surface area (Å²) in [4.78, 5) is 28.5. The minimum absolute atomic E-state index is 0.0174. The number of para-hydroxylation sites is 1. The molecule has 0 aliphatic carbocycles. The van der Waals surface area contributed by atoms with Crippen molar-refractivity contribution in [2.75, 3.05) is 37.2 Å². The number of amides is 2. The number of piperazine rings is 1. The molecule has 0 saturated carbocycles. The Kier molecular flexibility index (Phi) is 7.48. The SMILES string of the molecule is O=C(CSc1nnc(Nc2ccc(Oc3ccccc3)cc2)s1)N1CCN(C(=O)c2ccco2)CC1. The molecule has 3 heterocycles. The van der Waals surface area contributed by atoms with Crippen LogP contribution in [0.3, 0.4) is 0 Å². The highest BCUT2D eigenvalue weighted by Gasteiger charge is 2.26. The van der Waals surface area contributed by atoms with Crippen molar-refractivity contribution in [1.82, 2.24) is 20.0 Å². The Morgan fingerprint density at radius 2 is 1.64 bits per heavy atom. The first-order chi connectivity index (χ1) is 17.6. The largest absolute Gasteiger partial charge is 0.459 e. The molecule has 0 spiro atoms. The molecule has 0 atom stereocenters. The Balaban J connectivity index is 1.06. The lowest BCUT2D eigenvalue weighted by atomic mass is 10.3. The number of hydrogen-bond acceptors (Lipinski definition) is 9. The van der Waals surface area contributed by atoms with Gasteiger partial charge < -0.3 is 24.3 Å². The lowest BCUT2D eigenvalue weighted by Gasteiger charge is -2.34. The van der Waals surface area contributed by atoms with E-state index < -0.39 is 0 Å². The molecule has 4 aromatic rings. The molecular weight excluding hydrogens is 498 g/mol. The Bertz CT molecular complexity index is 1290. The number of aromatic nitrogens is 2. The van der Waals surface area contributed by atoms with E-state index in [-0.39, 0.29) is 17.6 Å². The molecule has 0 unspecified atom stereocenters. The molecule has 1 aliphatic heterocycles. The molecule has 1 fully saturated rings. The molecule has 36 heavy (non-hydrogen) atoms. The molecule has 1 saturated heterocycles. The molecule has 184 valence electrons. The second-order valence-electron chi connectivity index (χ2n) is 7.88. The molecule has 0 bridgehead atoms. The average molecular weight is 522 g/mol. The first-order valence-electron chi connectivity index (χ1n) is 11.3. The van der Waals surface area contributed by atoms with Crippen LogP contribution >= 0.6 is 23.1 Å². The van der Waals surface area contributed by atoms with E-state index in [9.17, 15) is 9.59 Å². The summed E-state index contributed by atoms with van der Waals surface area (Å²) in [5.41, 5.74) is 0.862. The summed E-state index contributed by atoms with van der Waals surface area (Å²) in [5.74, 6) is 1.99. The summed E-state index contributed by atoms with van der Waals surface area (Å²) in [6.07, 6.45) is 1.48. The Labute approximate surface area is 216 Å². The summed E-state index contributed by atoms with van der Waals surface area (Å²) < 4.78 is 11.7. The van der Waals surface area contributed by atoms with Crippen molar-refractivity contribution in [2.45, 2.75) is 4.34 Å². The highest BCUT2D eigenvalue weighted by Crippen LogP contribution is 2.29. The van der Waals surface area contributed by atoms with Gasteiger partial charge in [-0.05, 0) is 48.5 Å². The van der Waals surface area contributed by atoms with Crippen LogP contribution in [0.1, 0.15) is 10.6 Å². The minimum Gasteiger partial charge on any atom is -0.459 e. The van der Waals surface area contributed by atoms with Gasteiger partial charge in [0.1, 0.15) is 11.5 Å². The first-order valence-corrected chi connectivity index (χ1v) is 13.1. The number of rotatable bonds is 8. The van der Waals surface area contributed by atoms with Crippen LogP contribution in [0.5, 0.6) is 11.5 Å². The minimum atomic E-state index is -0.145. The van der Waals surface area contributed by atoms with E-state index in [2.05, 4.69) is 15.5 Å². The molecule has 5 rings (SSSR count). The molecular formula is C25H23N5O4S2. The van der Waals surface area contributed by atoms with E-state index in [1.54, 1.807) is 21.9 Å². The summed E-state index contributed by atoms with van der Waals surface area (Å²) in [7, 11) is 0. The zero-order chi connectivity index (χ0) is 24.7. The number of carbonyl (C=O) groups is 2. The standard InChI is InChI=1S/C25H23N5O4S2/c31-22(29-12-14-30(15-13-29)23(32)21-7-4-16-33-21)17-35-25-28-27-24(36-25)26-18-8-10-20(11-9-18)34-19-5-2-1-3-6-19/h1-11,16H,12-15,17H2,(H,26,27). The van der Waals surface area contributed by atoms with Gasteiger partial charge in [0.05, 0.1) is 12.0 Å². The van der Waals surface area contributed by atoms with E-state index in [0.717, 1.165) is 17.2 Å². The second kappa shape index (κ2) is 11.3. The van der Waals surface area contributed by atoms with Crippen molar-refractivity contribution in [3.05, 3.63) is 78.8 Å². The monoisotopic (exact) mass is 521 g/mol. The van der Waals surface area contributed by atoms with Gasteiger partial charge in [0.2, 0.25) is 11.0 Å². The maximum absolute atomic E-state index is 12.6. The molecule has 11 heteroatoms. The van der Waals surface area contributed by atoms with Gasteiger partial charge in [-0.1, -0.05) is 41.3 Å². The van der Waals surface area contributed by atoms with Crippen LogP contribution in [0.15, 0.2) is 81.8 Å². The number of ether oxygens (including phenoxy) is 1. The van der Waals surface area contributed by atoms with Gasteiger partial charge in [-0.2, -0.15) is 0 Å². The van der Waals surface area contributed by atoms with E-state index in [1.165, 1.54) is 29.4 Å². The number of nitrogens with zero attached hydrogens (tertiary/aromatic N) is 4. The van der Waals surface area contributed by atoms with Crippen molar-refractivity contribution >= 4 is 45.7 Å². The average Bonchev–Trinajstić information content (AvgIpc) is 3.61. The predicted molar refractivity (Wildman–Crippen MR) is 138 cm³/mol. The first kappa shape index (κ1) is 23.9. The third kappa shape index (κ3) is 6.04. The predicted octanol–water partition coefficient (Wildman–Crippen LogP) is 4.74. The maximum atomic E-state index is 12.6. The number of benzene rings is 2. The molecule has 2 amide bonds. The second-order valence-corrected chi connectivity index (χ2v) is 10.1. The highest BCUT2D eigenvalue weighted by atomic mass is 32.2. The van der Waals surface area contributed by atoms with Crippen LogP contribution in [0, 0.1) is 0 Å². The van der Waals surface area contributed by atoms with Gasteiger partial charge >= 0.3 is 0 Å². The Morgan fingerprint density at radius 1 is 0.917 bits per heavy atom. The third-order valence-electron chi connectivity index (χ3n) is 5.46. The van der Waals surface area contributed by atoms with Crippen LogP contribution in [0.25, 0.3) is 0 Å². The van der Waals surface area contributed by atoms with Gasteiger partial charge in [0, 0.05) is 31.9 Å². The molecule has 1 N–H and O–H groups in total. The van der Waals surface area contributed by atoms with Crippen LogP contribution in [0.2, 0.25) is 0 Å². The van der Waals surface area contributed by atoms with Crippen molar-refractivity contribution in [2.24, 2.45) is 0 Å². The number of hydrogen-bond donors (Lipinski definition) is 1. The third-order valence-corrected chi connectivity index (χ3v) is 7.42. The molecule has 2 aromatic heterocycles.